The Morgan fingerprint density at radius 3 is 2.87 bits per heavy atom. The van der Waals surface area contributed by atoms with Crippen LogP contribution in [-0.4, -0.2) is 23.4 Å². The van der Waals surface area contributed by atoms with Gasteiger partial charge in [-0.25, -0.2) is 0 Å². The average Bonchev–Trinajstić information content (AvgIpc) is 2.22. The zero-order chi connectivity index (χ0) is 11.3. The molecule has 0 aliphatic rings. The summed E-state index contributed by atoms with van der Waals surface area (Å²) in [5.74, 6) is -0.0281. The normalized spacial score (nSPS) is 9.80. The van der Waals surface area contributed by atoms with Crippen LogP contribution in [-0.2, 0) is 4.79 Å². The number of nitrogens with one attached hydrogen (secondary N) is 1. The molecule has 0 radical (unpaired) electrons. The fourth-order valence-corrected chi connectivity index (χ4v) is 1.18. The number of alkyl halides is 1. The molecule has 0 atom stereocenters. The van der Waals surface area contributed by atoms with E-state index in [0.717, 1.165) is 0 Å². The van der Waals surface area contributed by atoms with Crippen LogP contribution in [0.3, 0.4) is 0 Å². The zero-order valence-corrected chi connectivity index (χ0v) is 9.60. The minimum absolute atomic E-state index is 0.121. The van der Waals surface area contributed by atoms with E-state index in [1.165, 1.54) is 0 Å². The average molecular weight is 249 g/mol. The number of anilines is 1. The molecule has 6 heteroatoms. The van der Waals surface area contributed by atoms with Crippen molar-refractivity contribution in [3.05, 3.63) is 17.3 Å². The zero-order valence-electron chi connectivity index (χ0n) is 8.09. The van der Waals surface area contributed by atoms with Crippen LogP contribution in [0.2, 0.25) is 5.15 Å². The van der Waals surface area contributed by atoms with Crippen LogP contribution < -0.4 is 10.1 Å². The molecule has 1 aromatic heterocycles. The second-order valence-electron chi connectivity index (χ2n) is 2.60. The molecule has 1 amide bonds. The van der Waals surface area contributed by atoms with Crippen LogP contribution in [0.25, 0.3) is 0 Å². The van der Waals surface area contributed by atoms with Crippen LogP contribution in [0.5, 0.6) is 5.88 Å². The fraction of sp³-hybridized carbons (Fsp3) is 0.333. The number of rotatable bonds is 4. The quantitative estimate of drug-likeness (QED) is 0.658. The van der Waals surface area contributed by atoms with Crippen molar-refractivity contribution in [1.29, 1.82) is 0 Å². The van der Waals surface area contributed by atoms with Gasteiger partial charge >= 0.3 is 0 Å². The summed E-state index contributed by atoms with van der Waals surface area (Å²) in [6, 6.07) is 3.24. The Hall–Kier alpha value is -1.00. The molecule has 0 aliphatic carbocycles. The molecule has 4 nitrogen and oxygen atoms in total. The Kier molecular flexibility index (Phi) is 4.65. The maximum Gasteiger partial charge on any atom is 0.239 e. The Bertz CT molecular complexity index is 358. The van der Waals surface area contributed by atoms with Crippen molar-refractivity contribution in [3.63, 3.8) is 0 Å². The first-order valence-electron chi connectivity index (χ1n) is 4.32. The van der Waals surface area contributed by atoms with Gasteiger partial charge in [-0.2, -0.15) is 4.98 Å². The monoisotopic (exact) mass is 248 g/mol. The molecule has 0 spiro atoms. The maximum atomic E-state index is 11.0. The molecule has 0 fully saturated rings. The molecule has 0 saturated carbocycles. The van der Waals surface area contributed by atoms with Gasteiger partial charge in [-0.05, 0) is 13.0 Å². The number of amides is 1. The summed E-state index contributed by atoms with van der Waals surface area (Å²) in [5, 5.41) is 2.69. The molecule has 0 saturated heterocycles. The first kappa shape index (κ1) is 12.1. The second-order valence-corrected chi connectivity index (χ2v) is 3.23. The van der Waals surface area contributed by atoms with E-state index >= 15 is 0 Å². The van der Waals surface area contributed by atoms with Gasteiger partial charge in [0.05, 0.1) is 12.3 Å². The highest BCUT2D eigenvalue weighted by Crippen LogP contribution is 2.22. The number of aromatic nitrogens is 1. The van der Waals surface area contributed by atoms with Crippen LogP contribution in [0.4, 0.5) is 5.69 Å². The van der Waals surface area contributed by atoms with E-state index < -0.39 is 0 Å². The number of carbonyl (C=O) groups excluding carboxylic acids is 1. The Morgan fingerprint density at radius 1 is 1.60 bits per heavy atom. The molecule has 0 aliphatic heterocycles. The molecular weight excluding hydrogens is 239 g/mol. The summed E-state index contributed by atoms with van der Waals surface area (Å²) in [4.78, 5) is 14.9. The molecule has 1 N–H and O–H groups in total. The number of hydrogen-bond acceptors (Lipinski definition) is 3. The summed E-state index contributed by atoms with van der Waals surface area (Å²) in [6.07, 6.45) is 0. The van der Waals surface area contributed by atoms with E-state index in [0.29, 0.717) is 18.2 Å². The SMILES string of the molecule is CCOc1ccc(NC(=O)CCl)c(Cl)n1. The minimum Gasteiger partial charge on any atom is -0.478 e. The van der Waals surface area contributed by atoms with Gasteiger partial charge in [-0.15, -0.1) is 11.6 Å². The van der Waals surface area contributed by atoms with Crippen molar-refractivity contribution >= 4 is 34.8 Å². The summed E-state index contributed by atoms with van der Waals surface area (Å²) in [7, 11) is 0. The third-order valence-corrected chi connectivity index (χ3v) is 2.04. The number of ether oxygens (including phenoxy) is 1. The van der Waals surface area contributed by atoms with E-state index in [9.17, 15) is 4.79 Å². The van der Waals surface area contributed by atoms with Crippen LogP contribution >= 0.6 is 23.2 Å². The molecular formula is C9H10Cl2N2O2. The lowest BCUT2D eigenvalue weighted by atomic mass is 10.4. The molecule has 15 heavy (non-hydrogen) atoms. The second kappa shape index (κ2) is 5.78. The first-order valence-corrected chi connectivity index (χ1v) is 5.23. The third kappa shape index (κ3) is 3.57. The third-order valence-electron chi connectivity index (χ3n) is 1.51. The van der Waals surface area contributed by atoms with E-state index in [-0.39, 0.29) is 16.9 Å². The van der Waals surface area contributed by atoms with Crippen molar-refractivity contribution < 1.29 is 9.53 Å². The number of hydrogen-bond donors (Lipinski definition) is 1. The number of halogens is 2. The lowest BCUT2D eigenvalue weighted by Crippen LogP contribution is -2.13. The highest BCUT2D eigenvalue weighted by molar-refractivity contribution is 6.33. The van der Waals surface area contributed by atoms with Crippen molar-refractivity contribution in [2.45, 2.75) is 6.92 Å². The van der Waals surface area contributed by atoms with E-state index in [1.807, 2.05) is 6.92 Å². The van der Waals surface area contributed by atoms with Gasteiger partial charge in [0.1, 0.15) is 5.88 Å². The van der Waals surface area contributed by atoms with Crippen molar-refractivity contribution in [3.8, 4) is 5.88 Å². The maximum absolute atomic E-state index is 11.0. The van der Waals surface area contributed by atoms with Gasteiger partial charge in [-0.3, -0.25) is 4.79 Å². The predicted molar refractivity (Wildman–Crippen MR) is 59.8 cm³/mol. The minimum atomic E-state index is -0.329. The first-order chi connectivity index (χ1) is 7.17. The molecule has 82 valence electrons. The van der Waals surface area contributed by atoms with Gasteiger partial charge in [0, 0.05) is 6.07 Å². The summed E-state index contributed by atoms with van der Waals surface area (Å²) < 4.78 is 5.14. The molecule has 0 unspecified atom stereocenters. The van der Waals surface area contributed by atoms with Crippen molar-refractivity contribution in [2.75, 3.05) is 17.8 Å². The van der Waals surface area contributed by atoms with Gasteiger partial charge < -0.3 is 10.1 Å². The smallest absolute Gasteiger partial charge is 0.239 e. The van der Waals surface area contributed by atoms with Crippen molar-refractivity contribution in [2.24, 2.45) is 0 Å². The fourth-order valence-electron chi connectivity index (χ4n) is 0.923. The van der Waals surface area contributed by atoms with Gasteiger partial charge in [0.15, 0.2) is 5.15 Å². The van der Waals surface area contributed by atoms with Crippen LogP contribution in [0, 0.1) is 0 Å². The van der Waals surface area contributed by atoms with Gasteiger partial charge in [0.2, 0.25) is 11.8 Å². The Balaban J connectivity index is 2.78. The number of pyridine rings is 1. The van der Waals surface area contributed by atoms with E-state index in [4.69, 9.17) is 27.9 Å². The Morgan fingerprint density at radius 2 is 2.33 bits per heavy atom. The number of nitrogens with zero attached hydrogens (tertiary/aromatic N) is 1. The largest absolute Gasteiger partial charge is 0.478 e. The van der Waals surface area contributed by atoms with E-state index in [1.54, 1.807) is 12.1 Å². The van der Waals surface area contributed by atoms with E-state index in [2.05, 4.69) is 10.3 Å². The molecule has 0 aromatic carbocycles. The summed E-state index contributed by atoms with van der Waals surface area (Å²) in [5.41, 5.74) is 0.422. The lowest BCUT2D eigenvalue weighted by Gasteiger charge is -2.07. The Labute approximate surface area is 97.5 Å². The summed E-state index contributed by atoms with van der Waals surface area (Å²) >= 11 is 11.2. The number of carbonyl (C=O) groups is 1. The molecule has 1 rings (SSSR count). The predicted octanol–water partition coefficient (Wildman–Crippen LogP) is 2.31. The van der Waals surface area contributed by atoms with Crippen LogP contribution in [0.1, 0.15) is 6.92 Å². The van der Waals surface area contributed by atoms with Crippen molar-refractivity contribution in [1.82, 2.24) is 4.98 Å². The van der Waals surface area contributed by atoms with Gasteiger partial charge in [-0.1, -0.05) is 11.6 Å². The highest BCUT2D eigenvalue weighted by atomic mass is 35.5. The summed E-state index contributed by atoms with van der Waals surface area (Å²) in [6.45, 7) is 2.36. The van der Waals surface area contributed by atoms with Gasteiger partial charge in [0.25, 0.3) is 0 Å². The van der Waals surface area contributed by atoms with Crippen LogP contribution in [0.15, 0.2) is 12.1 Å². The standard InChI is InChI=1S/C9H10Cl2N2O2/c1-2-15-8-4-3-6(9(11)13-8)12-7(14)5-10/h3-4H,2,5H2,1H3,(H,12,14). The molecule has 1 aromatic rings. The lowest BCUT2D eigenvalue weighted by molar-refractivity contribution is -0.113. The molecule has 0 bridgehead atoms. The topological polar surface area (TPSA) is 51.2 Å². The highest BCUT2D eigenvalue weighted by Gasteiger charge is 2.06. The molecule has 1 heterocycles.